The molecule has 2 N–H and O–H groups in total. The van der Waals surface area contributed by atoms with Crippen LogP contribution >= 0.6 is 0 Å². The number of rotatable bonds is 6. The molecule has 3 fully saturated rings. The van der Waals surface area contributed by atoms with Crippen LogP contribution in [-0.4, -0.2) is 58.8 Å². The molecule has 196 valence electrons. The lowest BCUT2D eigenvalue weighted by Crippen LogP contribution is -2.55. The molecule has 37 heavy (non-hydrogen) atoms. The summed E-state index contributed by atoms with van der Waals surface area (Å²) in [5.41, 5.74) is 0.808. The van der Waals surface area contributed by atoms with E-state index >= 15 is 4.39 Å². The Hall–Kier alpha value is -3.41. The number of aromatic nitrogens is 6. The number of fused-ring (bicyclic) bond motifs is 1. The van der Waals surface area contributed by atoms with Crippen molar-refractivity contribution in [2.24, 2.45) is 7.05 Å². The third-order valence-corrected chi connectivity index (χ3v) is 7.87. The van der Waals surface area contributed by atoms with Crippen LogP contribution in [0.3, 0.4) is 0 Å². The number of aryl methyl sites for hydroxylation is 1. The van der Waals surface area contributed by atoms with E-state index in [1.165, 1.54) is 25.6 Å². The first kappa shape index (κ1) is 24.0. The molecular formula is C25H31F2N9O. The van der Waals surface area contributed by atoms with Gasteiger partial charge in [-0.2, -0.15) is 14.3 Å². The van der Waals surface area contributed by atoms with Crippen molar-refractivity contribution < 1.29 is 8.78 Å². The average molecular weight is 512 g/mol. The summed E-state index contributed by atoms with van der Waals surface area (Å²) in [4.78, 5) is 23.4. The smallest absolute Gasteiger partial charge is 0.365 e. The Balaban J connectivity index is 1.27. The highest BCUT2D eigenvalue weighted by molar-refractivity contribution is 5.62. The van der Waals surface area contributed by atoms with Crippen LogP contribution in [0.2, 0.25) is 0 Å². The van der Waals surface area contributed by atoms with Crippen LogP contribution in [0.5, 0.6) is 0 Å². The van der Waals surface area contributed by atoms with Gasteiger partial charge in [-0.3, -0.25) is 4.90 Å². The predicted molar refractivity (Wildman–Crippen MR) is 134 cm³/mol. The van der Waals surface area contributed by atoms with Crippen molar-refractivity contribution in [1.29, 1.82) is 0 Å². The van der Waals surface area contributed by atoms with Crippen LogP contribution in [0.15, 0.2) is 23.1 Å². The first-order valence-electron chi connectivity index (χ1n) is 12.9. The van der Waals surface area contributed by atoms with E-state index in [0.29, 0.717) is 17.3 Å². The SMILES string of the molecule is Cn1nnn(-c2cc(Nc3ncc(F)c(N[C@H]4CC5CCCN5C(C)(C)C4)n3)c(F)cc2C2CC2)c1=O. The van der Waals surface area contributed by atoms with Gasteiger partial charge in [0.05, 0.1) is 17.6 Å². The fourth-order valence-corrected chi connectivity index (χ4v) is 6.00. The third-order valence-electron chi connectivity index (χ3n) is 7.87. The first-order chi connectivity index (χ1) is 17.7. The summed E-state index contributed by atoms with van der Waals surface area (Å²) in [6.45, 7) is 5.57. The van der Waals surface area contributed by atoms with Crippen LogP contribution < -0.4 is 16.3 Å². The molecule has 2 aliphatic heterocycles. The summed E-state index contributed by atoms with van der Waals surface area (Å²) in [5, 5.41) is 13.9. The van der Waals surface area contributed by atoms with Crippen LogP contribution in [0, 0.1) is 11.6 Å². The van der Waals surface area contributed by atoms with Crippen molar-refractivity contribution in [1.82, 2.24) is 34.7 Å². The molecular weight excluding hydrogens is 480 g/mol. The Morgan fingerprint density at radius 2 is 1.92 bits per heavy atom. The van der Waals surface area contributed by atoms with Crippen molar-refractivity contribution in [3.05, 3.63) is 46.0 Å². The second-order valence-corrected chi connectivity index (χ2v) is 11.1. The van der Waals surface area contributed by atoms with Gasteiger partial charge in [0.15, 0.2) is 11.6 Å². The number of anilines is 3. The molecule has 2 aromatic heterocycles. The fourth-order valence-electron chi connectivity index (χ4n) is 6.00. The number of piperidine rings is 1. The second-order valence-electron chi connectivity index (χ2n) is 11.1. The van der Waals surface area contributed by atoms with E-state index in [1.807, 2.05) is 0 Å². The molecule has 4 heterocycles. The van der Waals surface area contributed by atoms with E-state index in [-0.39, 0.29) is 35.0 Å². The summed E-state index contributed by atoms with van der Waals surface area (Å²) in [6, 6.07) is 3.47. The number of halogens is 2. The molecule has 1 aliphatic carbocycles. The maximum Gasteiger partial charge on any atom is 0.368 e. The van der Waals surface area contributed by atoms with Gasteiger partial charge in [0.2, 0.25) is 5.95 Å². The van der Waals surface area contributed by atoms with E-state index in [4.69, 9.17) is 0 Å². The molecule has 0 bridgehead atoms. The topological polar surface area (TPSA) is 106 Å². The van der Waals surface area contributed by atoms with E-state index in [9.17, 15) is 9.18 Å². The highest BCUT2D eigenvalue weighted by Gasteiger charge is 2.43. The summed E-state index contributed by atoms with van der Waals surface area (Å²) in [6.07, 6.45) is 7.03. The molecule has 10 nitrogen and oxygen atoms in total. The van der Waals surface area contributed by atoms with Gasteiger partial charge < -0.3 is 10.6 Å². The molecule has 0 amide bonds. The van der Waals surface area contributed by atoms with Crippen LogP contribution in [0.4, 0.5) is 26.2 Å². The molecule has 2 atom stereocenters. The van der Waals surface area contributed by atoms with E-state index in [1.54, 1.807) is 0 Å². The Morgan fingerprint density at radius 1 is 1.11 bits per heavy atom. The van der Waals surface area contributed by atoms with Crippen molar-refractivity contribution >= 4 is 17.5 Å². The van der Waals surface area contributed by atoms with Crippen molar-refractivity contribution in [3.63, 3.8) is 0 Å². The number of nitrogens with one attached hydrogen (secondary N) is 2. The fraction of sp³-hybridized carbons (Fsp3) is 0.560. The van der Waals surface area contributed by atoms with Crippen molar-refractivity contribution in [3.8, 4) is 5.69 Å². The van der Waals surface area contributed by atoms with E-state index < -0.39 is 17.3 Å². The number of tetrazole rings is 1. The Morgan fingerprint density at radius 3 is 2.65 bits per heavy atom. The van der Waals surface area contributed by atoms with E-state index in [2.05, 4.69) is 49.8 Å². The first-order valence-corrected chi connectivity index (χ1v) is 12.9. The average Bonchev–Trinajstić information content (AvgIpc) is 3.49. The Kier molecular flexibility index (Phi) is 5.74. The summed E-state index contributed by atoms with van der Waals surface area (Å²) >= 11 is 0. The highest BCUT2D eigenvalue weighted by atomic mass is 19.1. The van der Waals surface area contributed by atoms with Gasteiger partial charge in [0.1, 0.15) is 5.82 Å². The zero-order valence-electron chi connectivity index (χ0n) is 21.2. The van der Waals surface area contributed by atoms with Gasteiger partial charge in [0.25, 0.3) is 0 Å². The molecule has 1 aromatic carbocycles. The minimum absolute atomic E-state index is 0.0168. The zero-order chi connectivity index (χ0) is 25.9. The zero-order valence-corrected chi connectivity index (χ0v) is 21.2. The van der Waals surface area contributed by atoms with Crippen molar-refractivity contribution in [2.45, 2.75) is 75.9 Å². The molecule has 0 radical (unpaired) electrons. The monoisotopic (exact) mass is 511 g/mol. The number of hydrogen-bond donors (Lipinski definition) is 2. The summed E-state index contributed by atoms with van der Waals surface area (Å²) in [5.74, 6) is -0.767. The van der Waals surface area contributed by atoms with Crippen LogP contribution in [0.1, 0.15) is 63.9 Å². The Labute approximate surface area is 213 Å². The van der Waals surface area contributed by atoms with Gasteiger partial charge in [-0.05, 0) is 93.0 Å². The lowest BCUT2D eigenvalue weighted by molar-refractivity contribution is 0.0500. The molecule has 1 unspecified atom stereocenters. The predicted octanol–water partition coefficient (Wildman–Crippen LogP) is 3.47. The van der Waals surface area contributed by atoms with Gasteiger partial charge in [0, 0.05) is 24.7 Å². The molecule has 0 spiro atoms. The quantitative estimate of drug-likeness (QED) is 0.518. The van der Waals surface area contributed by atoms with Crippen LogP contribution in [-0.2, 0) is 7.05 Å². The highest BCUT2D eigenvalue weighted by Crippen LogP contribution is 2.44. The maximum absolute atomic E-state index is 15.1. The number of benzene rings is 1. The summed E-state index contributed by atoms with van der Waals surface area (Å²) < 4.78 is 32.2. The van der Waals surface area contributed by atoms with E-state index in [0.717, 1.165) is 54.2 Å². The second kappa shape index (κ2) is 8.86. The minimum Gasteiger partial charge on any atom is -0.365 e. The number of hydrogen-bond acceptors (Lipinski definition) is 8. The normalized spacial score (nSPS) is 23.2. The van der Waals surface area contributed by atoms with Crippen molar-refractivity contribution in [2.75, 3.05) is 17.2 Å². The standard InChI is InChI=1S/C25H31F2N9O/c1-25(2)12-15(9-16-5-4-8-35(16)25)29-22-19(27)13-28-23(31-22)30-20-11-21(36-24(37)34(3)32-33-36)17(10-18(20)26)14-6-7-14/h10-11,13-16H,4-9,12H2,1-3H3,(H2,28,29,30,31)/t15-,16?/m0/s1. The van der Waals surface area contributed by atoms with Gasteiger partial charge >= 0.3 is 5.69 Å². The molecule has 2 saturated heterocycles. The molecule has 6 rings (SSSR count). The third kappa shape index (κ3) is 4.47. The molecule has 12 heteroatoms. The van der Waals surface area contributed by atoms with Gasteiger partial charge in [-0.15, -0.1) is 0 Å². The largest absolute Gasteiger partial charge is 0.368 e. The maximum atomic E-state index is 15.1. The van der Waals surface area contributed by atoms with Gasteiger partial charge in [-0.25, -0.2) is 18.6 Å². The molecule has 3 aromatic rings. The van der Waals surface area contributed by atoms with Gasteiger partial charge in [-0.1, -0.05) is 0 Å². The minimum atomic E-state index is -0.562. The molecule has 1 saturated carbocycles. The lowest BCUT2D eigenvalue weighted by Gasteiger charge is -2.47. The summed E-state index contributed by atoms with van der Waals surface area (Å²) in [7, 11) is 1.50. The van der Waals surface area contributed by atoms with Crippen LogP contribution in [0.25, 0.3) is 5.69 Å². The Bertz CT molecular complexity index is 1400. The molecule has 3 aliphatic rings. The number of nitrogens with zero attached hydrogens (tertiary/aromatic N) is 7. The lowest BCUT2D eigenvalue weighted by atomic mass is 9.84.